The Morgan fingerprint density at radius 2 is 1.57 bits per heavy atom. The van der Waals surface area contributed by atoms with E-state index in [1.807, 2.05) is 0 Å². The summed E-state index contributed by atoms with van der Waals surface area (Å²) < 4.78 is 32.6. The van der Waals surface area contributed by atoms with Gasteiger partial charge in [-0.05, 0) is 11.6 Å². The van der Waals surface area contributed by atoms with Gasteiger partial charge in [0.2, 0.25) is 0 Å². The van der Waals surface area contributed by atoms with Gasteiger partial charge in [0.25, 0.3) is 0 Å². The monoisotopic (exact) mass is 207 g/mol. The molecule has 0 aromatic rings. The highest BCUT2D eigenvalue weighted by molar-refractivity contribution is 7.85. The van der Waals surface area contributed by atoms with Crippen molar-refractivity contribution in [2.45, 2.75) is 4.90 Å². The Bertz CT molecular complexity index is 531. The van der Waals surface area contributed by atoms with E-state index in [2.05, 4.69) is 0 Å². The third-order valence-corrected chi connectivity index (χ3v) is 2.92. The predicted octanol–water partition coefficient (Wildman–Crippen LogP) is 1.91. The van der Waals surface area contributed by atoms with Gasteiger partial charge in [-0.1, -0.05) is 41.0 Å². The molecule has 0 heterocycles. The Morgan fingerprint density at radius 3 is 2.29 bits per heavy atom. The molecule has 0 aliphatic heterocycles. The lowest BCUT2D eigenvalue weighted by Crippen LogP contribution is -1.94. The van der Waals surface area contributed by atoms with Crippen molar-refractivity contribution in [3.63, 3.8) is 0 Å². The van der Waals surface area contributed by atoms with Crippen LogP contribution < -0.4 is 0 Å². The van der Waals surface area contributed by atoms with Gasteiger partial charge in [0, 0.05) is 5.56 Å². The second-order valence-corrected chi connectivity index (χ2v) is 4.28. The van der Waals surface area contributed by atoms with Crippen molar-refractivity contribution < 1.29 is 13.0 Å². The third kappa shape index (κ3) is 1.49. The zero-order chi connectivity index (χ0) is 10.2. The van der Waals surface area contributed by atoms with E-state index < -0.39 is 10.1 Å². The van der Waals surface area contributed by atoms with Crippen LogP contribution in [0.2, 0.25) is 0 Å². The first-order valence-corrected chi connectivity index (χ1v) is 5.43. The van der Waals surface area contributed by atoms with E-state index >= 15 is 0 Å². The summed E-state index contributed by atoms with van der Waals surface area (Å²) in [6.45, 7) is 0. The summed E-state index contributed by atoms with van der Waals surface area (Å²) in [5, 5.41) is 0. The van der Waals surface area contributed by atoms with Gasteiger partial charge < -0.3 is 0 Å². The van der Waals surface area contributed by atoms with E-state index in [1.165, 1.54) is 6.07 Å². The number of fused-ring (bicyclic) bond motifs is 1. The maximum Gasteiger partial charge on any atom is 0.324 e. The molecule has 2 aliphatic carbocycles. The summed E-state index contributed by atoms with van der Waals surface area (Å²) in [4.78, 5) is -0.149. The van der Waals surface area contributed by atoms with Crippen LogP contribution in [-0.4, -0.2) is 8.42 Å². The van der Waals surface area contributed by atoms with Gasteiger partial charge in [0.15, 0.2) is 0 Å². The van der Waals surface area contributed by atoms with Crippen LogP contribution in [0.15, 0.2) is 47.4 Å². The Hall–Kier alpha value is -1.39. The average Bonchev–Trinajstić information content (AvgIpc) is 2.36. The Balaban J connectivity index is 2.77. The molecule has 4 heteroatoms. The first kappa shape index (κ1) is 9.18. The van der Waals surface area contributed by atoms with Crippen LogP contribution in [0, 0.1) is 0 Å². The van der Waals surface area contributed by atoms with Gasteiger partial charge in [0.1, 0.15) is 4.90 Å². The van der Waals surface area contributed by atoms with E-state index in [-0.39, 0.29) is 4.90 Å². The van der Waals surface area contributed by atoms with Crippen LogP contribution in [0.25, 0.3) is 11.1 Å². The van der Waals surface area contributed by atoms with Gasteiger partial charge in [-0.3, -0.25) is 0 Å². The van der Waals surface area contributed by atoms with Crippen molar-refractivity contribution in [1.82, 2.24) is 0 Å². The van der Waals surface area contributed by atoms with Crippen LogP contribution in [0.5, 0.6) is 0 Å². The minimum Gasteiger partial charge on any atom is -0.192 e. The first-order chi connectivity index (χ1) is 6.59. The summed E-state index contributed by atoms with van der Waals surface area (Å²) in [5.41, 5.74) is 1.23. The topological polar surface area (TPSA) is 54.0 Å². The SMILES string of the molecule is [O]S(=O)(=O)c1ccc2cccccc1-2. The van der Waals surface area contributed by atoms with E-state index in [0.29, 0.717) is 5.56 Å². The summed E-state index contributed by atoms with van der Waals surface area (Å²) in [6, 6.07) is 11.6. The Morgan fingerprint density at radius 1 is 0.857 bits per heavy atom. The van der Waals surface area contributed by atoms with E-state index in [1.54, 1.807) is 36.4 Å². The van der Waals surface area contributed by atoms with Crippen molar-refractivity contribution in [2.75, 3.05) is 0 Å². The molecule has 3 nitrogen and oxygen atoms in total. The first-order valence-electron chi connectivity index (χ1n) is 4.03. The van der Waals surface area contributed by atoms with Gasteiger partial charge in [0.05, 0.1) is 0 Å². The number of hydrogen-bond donors (Lipinski definition) is 0. The second-order valence-electron chi connectivity index (χ2n) is 2.93. The lowest BCUT2D eigenvalue weighted by Gasteiger charge is -1.94. The molecule has 0 aromatic carbocycles. The largest absolute Gasteiger partial charge is 0.324 e. The quantitative estimate of drug-likeness (QED) is 0.717. The molecule has 0 saturated heterocycles. The highest BCUT2D eigenvalue weighted by atomic mass is 32.2. The van der Waals surface area contributed by atoms with Crippen molar-refractivity contribution in [3.05, 3.63) is 42.5 Å². The second kappa shape index (κ2) is 3.08. The highest BCUT2D eigenvalue weighted by Gasteiger charge is 2.19. The fourth-order valence-electron chi connectivity index (χ4n) is 1.40. The lowest BCUT2D eigenvalue weighted by atomic mass is 10.2. The fraction of sp³-hybridized carbons (Fsp3) is 0. The standard InChI is InChI=1S/C10H7O3S/c11-14(12,13)10-7-6-8-4-2-1-3-5-9(8)10/h1-7H. The van der Waals surface area contributed by atoms with Crippen LogP contribution in [0.1, 0.15) is 0 Å². The van der Waals surface area contributed by atoms with Gasteiger partial charge >= 0.3 is 10.1 Å². The zero-order valence-electron chi connectivity index (χ0n) is 7.17. The van der Waals surface area contributed by atoms with Crippen LogP contribution in [-0.2, 0) is 14.7 Å². The number of hydrogen-bond acceptors (Lipinski definition) is 2. The molecule has 0 aromatic heterocycles. The maximum atomic E-state index is 10.9. The van der Waals surface area contributed by atoms with Crippen LogP contribution >= 0.6 is 0 Å². The molecule has 0 unspecified atom stereocenters. The molecule has 0 spiro atoms. The molecule has 0 N–H and O–H groups in total. The summed E-state index contributed by atoms with van der Waals surface area (Å²) >= 11 is 0. The average molecular weight is 207 g/mol. The van der Waals surface area contributed by atoms with E-state index in [0.717, 1.165) is 5.56 Å². The minimum absolute atomic E-state index is 0.149. The molecular weight excluding hydrogens is 200 g/mol. The van der Waals surface area contributed by atoms with Crippen LogP contribution in [0.3, 0.4) is 0 Å². The van der Waals surface area contributed by atoms with Crippen molar-refractivity contribution >= 4 is 10.1 Å². The van der Waals surface area contributed by atoms with Crippen molar-refractivity contribution in [2.24, 2.45) is 0 Å². The predicted molar refractivity (Wildman–Crippen MR) is 50.9 cm³/mol. The summed E-state index contributed by atoms with van der Waals surface area (Å²) in [6.07, 6.45) is 0. The van der Waals surface area contributed by atoms with Crippen molar-refractivity contribution in [3.8, 4) is 11.1 Å². The Kier molecular flexibility index (Phi) is 2.02. The van der Waals surface area contributed by atoms with Crippen molar-refractivity contribution in [1.29, 1.82) is 0 Å². The Labute approximate surface area is 82.1 Å². The van der Waals surface area contributed by atoms with E-state index in [9.17, 15) is 13.0 Å². The smallest absolute Gasteiger partial charge is 0.192 e. The molecule has 0 bridgehead atoms. The molecule has 0 atom stereocenters. The van der Waals surface area contributed by atoms with Crippen LogP contribution in [0.4, 0.5) is 0 Å². The maximum absolute atomic E-state index is 10.9. The molecule has 2 aliphatic rings. The molecule has 71 valence electrons. The molecule has 0 amide bonds. The van der Waals surface area contributed by atoms with Gasteiger partial charge in [-0.2, -0.15) is 8.42 Å². The molecule has 2 rings (SSSR count). The highest BCUT2D eigenvalue weighted by Crippen LogP contribution is 2.29. The number of rotatable bonds is 1. The zero-order valence-corrected chi connectivity index (χ0v) is 7.99. The van der Waals surface area contributed by atoms with E-state index in [4.69, 9.17) is 0 Å². The normalized spacial score (nSPS) is 11.8. The van der Waals surface area contributed by atoms with Gasteiger partial charge in [-0.25, -0.2) is 0 Å². The minimum atomic E-state index is -4.37. The molecule has 14 heavy (non-hydrogen) atoms. The fourth-order valence-corrected chi connectivity index (χ4v) is 2.09. The lowest BCUT2D eigenvalue weighted by molar-refractivity contribution is 0.415. The third-order valence-electron chi connectivity index (χ3n) is 2.02. The molecule has 0 saturated carbocycles. The molecule has 0 fully saturated rings. The summed E-state index contributed by atoms with van der Waals surface area (Å²) in [5.74, 6) is 0. The molecule has 1 radical (unpaired) electrons. The molecular formula is C10H7O3S. The van der Waals surface area contributed by atoms with Gasteiger partial charge in [-0.15, -0.1) is 0 Å². The summed E-state index contributed by atoms with van der Waals surface area (Å²) in [7, 11) is -4.37.